The van der Waals surface area contributed by atoms with Gasteiger partial charge in [-0.1, -0.05) is 12.1 Å². The summed E-state index contributed by atoms with van der Waals surface area (Å²) >= 11 is 0. The molecule has 1 aromatic carbocycles. The van der Waals surface area contributed by atoms with E-state index in [-0.39, 0.29) is 23.5 Å². The molecule has 1 aromatic rings. The van der Waals surface area contributed by atoms with E-state index >= 15 is 0 Å². The number of carbonyl (C=O) groups excluding carboxylic acids is 1. The van der Waals surface area contributed by atoms with E-state index in [2.05, 4.69) is 5.32 Å². The van der Waals surface area contributed by atoms with Gasteiger partial charge in [-0.25, -0.2) is 0 Å². The van der Waals surface area contributed by atoms with Crippen molar-refractivity contribution in [3.05, 3.63) is 35.4 Å². The number of methoxy groups -OCH3 is 1. The summed E-state index contributed by atoms with van der Waals surface area (Å²) < 4.78 is 10.9. The maximum atomic E-state index is 12.4. The summed E-state index contributed by atoms with van der Waals surface area (Å²) in [5, 5.41) is 12.1. The van der Waals surface area contributed by atoms with E-state index in [9.17, 15) is 9.59 Å². The van der Waals surface area contributed by atoms with Crippen LogP contribution in [0.3, 0.4) is 0 Å². The number of hydrogen-bond acceptors (Lipinski definition) is 4. The summed E-state index contributed by atoms with van der Waals surface area (Å²) in [5.41, 5.74) is 1.28. The maximum absolute atomic E-state index is 12.4. The molecular formula is C18H23NO5. The lowest BCUT2D eigenvalue weighted by Gasteiger charge is -2.50. The highest BCUT2D eigenvalue weighted by Gasteiger charge is 2.51. The Bertz CT molecular complexity index is 606. The molecule has 130 valence electrons. The van der Waals surface area contributed by atoms with Gasteiger partial charge in [0, 0.05) is 25.3 Å². The van der Waals surface area contributed by atoms with E-state index in [0.29, 0.717) is 38.0 Å². The fraction of sp³-hybridized carbons (Fsp3) is 0.556. The normalized spacial score (nSPS) is 29.0. The van der Waals surface area contributed by atoms with Gasteiger partial charge in [0.1, 0.15) is 0 Å². The van der Waals surface area contributed by atoms with Gasteiger partial charge in [0.25, 0.3) is 5.91 Å². The molecule has 0 bridgehead atoms. The molecule has 3 rings (SSSR count). The standard InChI is InChI=1S/C18H23NO5/c1-23-11-12-2-4-13(5-3-12)16(20)19-15-6-7-24-18(10-15)8-14(9-18)17(21)22/h2-5,14-15H,6-11H2,1H3,(H,19,20)(H,21,22). The SMILES string of the molecule is COCc1ccc(C(=O)NC2CCOC3(C2)CC(C(=O)O)C3)cc1. The molecule has 1 aliphatic heterocycles. The molecule has 24 heavy (non-hydrogen) atoms. The Morgan fingerprint density at radius 1 is 1.29 bits per heavy atom. The van der Waals surface area contributed by atoms with Gasteiger partial charge in [-0.3, -0.25) is 9.59 Å². The average molecular weight is 333 g/mol. The number of rotatable bonds is 5. The molecule has 1 saturated carbocycles. The highest BCUT2D eigenvalue weighted by atomic mass is 16.5. The topological polar surface area (TPSA) is 84.9 Å². The number of nitrogens with one attached hydrogen (secondary N) is 1. The largest absolute Gasteiger partial charge is 0.481 e. The van der Waals surface area contributed by atoms with Crippen molar-refractivity contribution in [3.63, 3.8) is 0 Å². The van der Waals surface area contributed by atoms with Crippen molar-refractivity contribution in [1.82, 2.24) is 5.32 Å². The van der Waals surface area contributed by atoms with Gasteiger partial charge in [-0.2, -0.15) is 0 Å². The molecule has 0 radical (unpaired) electrons. The molecule has 2 aliphatic rings. The van der Waals surface area contributed by atoms with E-state index in [1.54, 1.807) is 19.2 Å². The van der Waals surface area contributed by atoms with E-state index in [1.165, 1.54) is 0 Å². The summed E-state index contributed by atoms with van der Waals surface area (Å²) in [4.78, 5) is 23.4. The molecule has 2 N–H and O–H groups in total. The predicted molar refractivity (Wildman–Crippen MR) is 86.7 cm³/mol. The van der Waals surface area contributed by atoms with Crippen LogP contribution in [-0.2, 0) is 20.9 Å². The maximum Gasteiger partial charge on any atom is 0.306 e. The third-order valence-electron chi connectivity index (χ3n) is 4.94. The lowest BCUT2D eigenvalue weighted by molar-refractivity contribution is -0.181. The number of amides is 1. The molecule has 1 unspecified atom stereocenters. The number of ether oxygens (including phenoxy) is 2. The average Bonchev–Trinajstić information content (AvgIpc) is 2.53. The lowest BCUT2D eigenvalue weighted by atomic mass is 9.66. The minimum absolute atomic E-state index is 0.0275. The number of carboxylic acid groups (broad SMARTS) is 1. The van der Waals surface area contributed by atoms with Crippen LogP contribution in [0, 0.1) is 5.92 Å². The molecule has 1 atom stereocenters. The van der Waals surface area contributed by atoms with Crippen molar-refractivity contribution >= 4 is 11.9 Å². The smallest absolute Gasteiger partial charge is 0.306 e. The molecule has 6 heteroatoms. The van der Waals surface area contributed by atoms with Crippen LogP contribution >= 0.6 is 0 Å². The van der Waals surface area contributed by atoms with E-state index < -0.39 is 5.97 Å². The van der Waals surface area contributed by atoms with Gasteiger partial charge >= 0.3 is 5.97 Å². The molecule has 1 heterocycles. The molecule has 2 fully saturated rings. The molecule has 1 spiro atoms. The molecule has 6 nitrogen and oxygen atoms in total. The number of carboxylic acids is 1. The fourth-order valence-corrected chi connectivity index (χ4v) is 3.64. The molecule has 1 aliphatic carbocycles. The van der Waals surface area contributed by atoms with Crippen LogP contribution in [0.25, 0.3) is 0 Å². The van der Waals surface area contributed by atoms with Crippen LogP contribution in [0.2, 0.25) is 0 Å². The number of carbonyl (C=O) groups is 2. The third kappa shape index (κ3) is 3.60. The summed E-state index contributed by atoms with van der Waals surface area (Å²) in [6.45, 7) is 1.08. The first kappa shape index (κ1) is 16.9. The molecule has 1 saturated heterocycles. The Morgan fingerprint density at radius 2 is 2.00 bits per heavy atom. The summed E-state index contributed by atoms with van der Waals surface area (Å²) in [7, 11) is 1.64. The Kier molecular flexibility index (Phi) is 4.87. The van der Waals surface area contributed by atoms with Crippen molar-refractivity contribution in [2.75, 3.05) is 13.7 Å². The summed E-state index contributed by atoms with van der Waals surface area (Å²) in [6, 6.07) is 7.38. The predicted octanol–water partition coefficient (Wildman–Crippen LogP) is 1.98. The third-order valence-corrected chi connectivity index (χ3v) is 4.94. The first-order chi connectivity index (χ1) is 11.5. The molecule has 1 amide bonds. The van der Waals surface area contributed by atoms with E-state index in [0.717, 1.165) is 12.0 Å². The highest BCUT2D eigenvalue weighted by Crippen LogP contribution is 2.46. The second kappa shape index (κ2) is 6.91. The van der Waals surface area contributed by atoms with Crippen LogP contribution in [-0.4, -0.2) is 42.3 Å². The minimum atomic E-state index is -0.758. The second-order valence-electron chi connectivity index (χ2n) is 6.77. The Morgan fingerprint density at radius 3 is 2.62 bits per heavy atom. The first-order valence-electron chi connectivity index (χ1n) is 8.27. The Balaban J connectivity index is 1.55. The van der Waals surface area contributed by atoms with Gasteiger partial charge in [-0.15, -0.1) is 0 Å². The second-order valence-corrected chi connectivity index (χ2v) is 6.77. The van der Waals surface area contributed by atoms with Crippen molar-refractivity contribution < 1.29 is 24.2 Å². The van der Waals surface area contributed by atoms with Crippen LogP contribution in [0.4, 0.5) is 0 Å². The van der Waals surface area contributed by atoms with Gasteiger partial charge in [0.05, 0.1) is 18.1 Å². The van der Waals surface area contributed by atoms with Crippen molar-refractivity contribution in [3.8, 4) is 0 Å². The number of hydrogen-bond donors (Lipinski definition) is 2. The highest BCUT2D eigenvalue weighted by molar-refractivity contribution is 5.94. The zero-order valence-electron chi connectivity index (χ0n) is 13.8. The first-order valence-corrected chi connectivity index (χ1v) is 8.27. The summed E-state index contributed by atoms with van der Waals surface area (Å²) in [6.07, 6.45) is 2.53. The number of aliphatic carboxylic acids is 1. The Labute approximate surface area is 141 Å². The van der Waals surface area contributed by atoms with E-state index in [1.807, 2.05) is 12.1 Å². The van der Waals surface area contributed by atoms with Crippen LogP contribution in [0.15, 0.2) is 24.3 Å². The van der Waals surface area contributed by atoms with Gasteiger partial charge in [-0.05, 0) is 43.4 Å². The van der Waals surface area contributed by atoms with Crippen LogP contribution < -0.4 is 5.32 Å². The van der Waals surface area contributed by atoms with Gasteiger partial charge < -0.3 is 19.9 Å². The summed E-state index contributed by atoms with van der Waals surface area (Å²) in [5.74, 6) is -1.17. The lowest BCUT2D eigenvalue weighted by Crippen LogP contribution is -2.56. The van der Waals surface area contributed by atoms with Crippen molar-refractivity contribution in [2.45, 2.75) is 43.9 Å². The van der Waals surface area contributed by atoms with Crippen molar-refractivity contribution in [1.29, 1.82) is 0 Å². The van der Waals surface area contributed by atoms with Crippen LogP contribution in [0.1, 0.15) is 41.6 Å². The quantitative estimate of drug-likeness (QED) is 0.860. The van der Waals surface area contributed by atoms with Crippen molar-refractivity contribution in [2.24, 2.45) is 5.92 Å². The van der Waals surface area contributed by atoms with Crippen LogP contribution in [0.5, 0.6) is 0 Å². The molecular weight excluding hydrogens is 310 g/mol. The fourth-order valence-electron chi connectivity index (χ4n) is 3.64. The van der Waals surface area contributed by atoms with Gasteiger partial charge in [0.2, 0.25) is 0 Å². The van der Waals surface area contributed by atoms with E-state index in [4.69, 9.17) is 14.6 Å². The molecule has 0 aromatic heterocycles. The number of benzene rings is 1. The zero-order valence-corrected chi connectivity index (χ0v) is 13.8. The zero-order chi connectivity index (χ0) is 17.2. The Hall–Kier alpha value is -1.92. The monoisotopic (exact) mass is 333 g/mol. The minimum Gasteiger partial charge on any atom is -0.481 e. The van der Waals surface area contributed by atoms with Gasteiger partial charge in [0.15, 0.2) is 0 Å².